The normalized spacial score (nSPS) is 20.1. The van der Waals surface area contributed by atoms with Crippen molar-refractivity contribution in [3.05, 3.63) is 57.8 Å². The second-order valence-electron chi connectivity index (χ2n) is 11.8. The Balaban J connectivity index is 1.37. The van der Waals surface area contributed by atoms with Crippen molar-refractivity contribution >= 4 is 52.3 Å². The first-order chi connectivity index (χ1) is 19.7. The van der Waals surface area contributed by atoms with Crippen LogP contribution in [0.2, 0.25) is 10.0 Å². The third kappa shape index (κ3) is 5.19. The number of nitrogens with one attached hydrogen (secondary N) is 1. The number of halogens is 2. The van der Waals surface area contributed by atoms with Gasteiger partial charge >= 0.3 is 6.09 Å². The van der Waals surface area contributed by atoms with Crippen LogP contribution in [0.1, 0.15) is 63.6 Å². The summed E-state index contributed by atoms with van der Waals surface area (Å²) >= 11 is 13.3. The Labute approximate surface area is 251 Å². The Hall–Kier alpha value is -3.16. The molecule has 3 aliphatic rings. The number of hydrogen-bond donors (Lipinski definition) is 1. The first-order valence-corrected chi connectivity index (χ1v) is 15.3. The van der Waals surface area contributed by atoms with Gasteiger partial charge in [0.05, 0.1) is 28.1 Å². The van der Waals surface area contributed by atoms with Crippen molar-refractivity contribution < 1.29 is 14.3 Å². The average molecular weight is 596 g/mol. The van der Waals surface area contributed by atoms with Crippen LogP contribution >= 0.6 is 23.2 Å². The van der Waals surface area contributed by atoms with E-state index in [1.165, 1.54) is 18.5 Å². The molecule has 1 fully saturated rings. The highest BCUT2D eigenvalue weighted by Gasteiger charge is 2.37. The van der Waals surface area contributed by atoms with Crippen molar-refractivity contribution in [2.75, 3.05) is 34.8 Å². The van der Waals surface area contributed by atoms with E-state index in [1.54, 1.807) is 22.8 Å². The molecular formula is C32H36Cl2N4O3. The quantitative estimate of drug-likeness (QED) is 0.324. The molecule has 0 saturated heterocycles. The van der Waals surface area contributed by atoms with Gasteiger partial charge in [-0.2, -0.15) is 0 Å². The maximum absolute atomic E-state index is 14.0. The average Bonchev–Trinajstić information content (AvgIpc) is 3.66. The fourth-order valence-electron chi connectivity index (χ4n) is 6.56. The molecule has 3 heterocycles. The second-order valence-corrected chi connectivity index (χ2v) is 12.6. The number of aromatic nitrogens is 1. The van der Waals surface area contributed by atoms with Gasteiger partial charge < -0.3 is 19.5 Å². The SMILES string of the molecule is CCCC1Cc2c(Cl)cc(Cl)c(OC(=O)N3C[C@H](C)N(C(C)=O)c4ccc(-c5c[nH]c(C6CC6)c5)cc43)c2N(C)C1. The molecule has 2 aliphatic heterocycles. The number of anilines is 3. The summed E-state index contributed by atoms with van der Waals surface area (Å²) in [7, 11) is 1.99. The van der Waals surface area contributed by atoms with Gasteiger partial charge in [0.1, 0.15) is 0 Å². The molecule has 0 radical (unpaired) electrons. The predicted molar refractivity (Wildman–Crippen MR) is 166 cm³/mol. The minimum Gasteiger partial charge on any atom is -0.406 e. The van der Waals surface area contributed by atoms with Crippen LogP contribution in [0.15, 0.2) is 36.5 Å². The number of nitrogens with zero attached hydrogens (tertiary/aromatic N) is 3. The zero-order chi connectivity index (χ0) is 29.0. The fraction of sp³-hybridized carbons (Fsp3) is 0.438. The van der Waals surface area contributed by atoms with Crippen LogP contribution in [-0.2, 0) is 11.2 Å². The molecule has 6 rings (SSSR count). The highest BCUT2D eigenvalue weighted by atomic mass is 35.5. The molecule has 2 amide bonds. The standard InChI is InChI=1S/C32H36Cl2N4O3/c1-5-6-20-11-24-25(33)14-26(34)31(30(24)36(4)17-20)41-32(40)37-16-18(2)38(19(3)39)28-10-9-22(13-29(28)37)23-12-27(35-15-23)21-7-8-21/h9-10,12-15,18,20-21,35H,5-8,11,16-17H2,1-4H3/t18-,20?/m0/s1. The van der Waals surface area contributed by atoms with Gasteiger partial charge in [0.15, 0.2) is 5.75 Å². The lowest BCUT2D eigenvalue weighted by atomic mass is 9.89. The molecular weight excluding hydrogens is 559 g/mol. The second kappa shape index (κ2) is 10.9. The molecule has 9 heteroatoms. The van der Waals surface area contributed by atoms with E-state index in [0.29, 0.717) is 39.0 Å². The van der Waals surface area contributed by atoms with Gasteiger partial charge in [-0.15, -0.1) is 0 Å². The van der Waals surface area contributed by atoms with E-state index in [2.05, 4.69) is 22.9 Å². The Morgan fingerprint density at radius 1 is 1.05 bits per heavy atom. The van der Waals surface area contributed by atoms with Gasteiger partial charge in [0, 0.05) is 44.0 Å². The zero-order valence-corrected chi connectivity index (χ0v) is 25.5. The molecule has 2 atom stereocenters. The van der Waals surface area contributed by atoms with Crippen LogP contribution in [0.4, 0.5) is 21.9 Å². The number of amides is 2. The molecule has 1 aromatic heterocycles. The third-order valence-corrected chi connectivity index (χ3v) is 9.20. The largest absolute Gasteiger partial charge is 0.420 e. The van der Waals surface area contributed by atoms with Gasteiger partial charge in [-0.05, 0) is 85.4 Å². The highest BCUT2D eigenvalue weighted by molar-refractivity contribution is 6.37. The molecule has 2 aromatic carbocycles. The van der Waals surface area contributed by atoms with E-state index in [4.69, 9.17) is 27.9 Å². The Morgan fingerprint density at radius 3 is 2.54 bits per heavy atom. The first-order valence-electron chi connectivity index (χ1n) is 14.5. The maximum atomic E-state index is 14.0. The minimum absolute atomic E-state index is 0.0738. The van der Waals surface area contributed by atoms with Gasteiger partial charge in [-0.1, -0.05) is 42.6 Å². The van der Waals surface area contributed by atoms with Crippen molar-refractivity contribution in [3.63, 3.8) is 0 Å². The molecule has 1 aliphatic carbocycles. The lowest BCUT2D eigenvalue weighted by molar-refractivity contribution is -0.117. The van der Waals surface area contributed by atoms with Crippen molar-refractivity contribution in [2.45, 2.75) is 64.8 Å². The summed E-state index contributed by atoms with van der Waals surface area (Å²) in [6.07, 6.45) is 6.89. The highest BCUT2D eigenvalue weighted by Crippen LogP contribution is 2.47. The predicted octanol–water partition coefficient (Wildman–Crippen LogP) is 8.03. The summed E-state index contributed by atoms with van der Waals surface area (Å²) < 4.78 is 6.14. The monoisotopic (exact) mass is 594 g/mol. The number of rotatable bonds is 5. The molecule has 0 bridgehead atoms. The summed E-state index contributed by atoms with van der Waals surface area (Å²) in [5.74, 6) is 1.33. The molecule has 41 heavy (non-hydrogen) atoms. The molecule has 1 unspecified atom stereocenters. The summed E-state index contributed by atoms with van der Waals surface area (Å²) in [4.78, 5) is 35.5. The van der Waals surface area contributed by atoms with Crippen LogP contribution in [0.3, 0.4) is 0 Å². The van der Waals surface area contributed by atoms with Crippen LogP contribution in [0.5, 0.6) is 5.75 Å². The number of hydrogen-bond acceptors (Lipinski definition) is 4. The number of fused-ring (bicyclic) bond motifs is 2. The van der Waals surface area contributed by atoms with Crippen LogP contribution in [0, 0.1) is 5.92 Å². The van der Waals surface area contributed by atoms with Gasteiger partial charge in [0.25, 0.3) is 0 Å². The van der Waals surface area contributed by atoms with E-state index >= 15 is 0 Å². The van der Waals surface area contributed by atoms with E-state index in [-0.39, 0.29) is 18.5 Å². The van der Waals surface area contributed by atoms with Gasteiger partial charge in [-0.3, -0.25) is 9.69 Å². The number of ether oxygens (including phenoxy) is 1. The third-order valence-electron chi connectivity index (χ3n) is 8.58. The molecule has 1 N–H and O–H groups in total. The van der Waals surface area contributed by atoms with Crippen molar-refractivity contribution in [2.24, 2.45) is 5.92 Å². The molecule has 1 saturated carbocycles. The number of carbonyl (C=O) groups excluding carboxylic acids is 2. The summed E-state index contributed by atoms with van der Waals surface area (Å²) in [6, 6.07) is 9.52. The van der Waals surface area contributed by atoms with E-state index in [0.717, 1.165) is 48.2 Å². The lowest BCUT2D eigenvalue weighted by Crippen LogP contribution is -2.52. The topological polar surface area (TPSA) is 68.9 Å². The summed E-state index contributed by atoms with van der Waals surface area (Å²) in [6.45, 7) is 6.80. The van der Waals surface area contributed by atoms with Crippen molar-refractivity contribution in [1.29, 1.82) is 0 Å². The smallest absolute Gasteiger partial charge is 0.406 e. The molecule has 7 nitrogen and oxygen atoms in total. The van der Waals surface area contributed by atoms with Gasteiger partial charge in [0.2, 0.25) is 5.91 Å². The zero-order valence-electron chi connectivity index (χ0n) is 24.0. The summed E-state index contributed by atoms with van der Waals surface area (Å²) in [5.41, 5.74) is 6.29. The van der Waals surface area contributed by atoms with Crippen molar-refractivity contribution in [3.8, 4) is 16.9 Å². The van der Waals surface area contributed by atoms with Crippen LogP contribution in [-0.4, -0.2) is 43.2 Å². The van der Waals surface area contributed by atoms with E-state index < -0.39 is 6.09 Å². The Bertz CT molecular complexity index is 1510. The Morgan fingerprint density at radius 2 is 1.83 bits per heavy atom. The van der Waals surface area contributed by atoms with Crippen LogP contribution in [0.25, 0.3) is 11.1 Å². The van der Waals surface area contributed by atoms with E-state index in [1.807, 2.05) is 38.4 Å². The lowest BCUT2D eigenvalue weighted by Gasteiger charge is -2.40. The Kier molecular flexibility index (Phi) is 7.45. The number of aromatic amines is 1. The van der Waals surface area contributed by atoms with Gasteiger partial charge in [-0.25, -0.2) is 4.79 Å². The van der Waals surface area contributed by atoms with E-state index in [9.17, 15) is 9.59 Å². The molecule has 0 spiro atoms. The number of H-pyrrole nitrogens is 1. The van der Waals surface area contributed by atoms with Crippen molar-refractivity contribution in [1.82, 2.24) is 4.98 Å². The minimum atomic E-state index is -0.540. The van der Waals surface area contributed by atoms with Crippen LogP contribution < -0.4 is 19.4 Å². The fourth-order valence-corrected chi connectivity index (χ4v) is 7.13. The molecule has 3 aromatic rings. The number of carbonyl (C=O) groups is 2. The number of benzene rings is 2. The summed E-state index contributed by atoms with van der Waals surface area (Å²) in [5, 5.41) is 0.889. The first kappa shape index (κ1) is 28.0. The maximum Gasteiger partial charge on any atom is 0.420 e. The molecule has 216 valence electrons.